The third-order valence-corrected chi connectivity index (χ3v) is 24.4. The van der Waals surface area contributed by atoms with Crippen molar-refractivity contribution in [2.75, 3.05) is 99.6 Å². The van der Waals surface area contributed by atoms with Gasteiger partial charge in [-0.1, -0.05) is 119 Å². The Balaban J connectivity index is 1.02. The number of nitrogens with zero attached hydrogens (tertiary/aromatic N) is 6. The normalized spacial score (nSPS) is 19.8. The van der Waals surface area contributed by atoms with E-state index >= 15 is 4.79 Å². The third kappa shape index (κ3) is 30.2. The summed E-state index contributed by atoms with van der Waals surface area (Å²) in [5, 5.41) is 64.2. The van der Waals surface area contributed by atoms with Crippen LogP contribution in [-0.4, -0.2) is 288 Å². The molecule has 2 aliphatic rings. The van der Waals surface area contributed by atoms with E-state index in [1.165, 1.54) is 46.4 Å². The van der Waals surface area contributed by atoms with Crippen LogP contribution in [0, 0.1) is 53.3 Å². The number of amides is 6. The van der Waals surface area contributed by atoms with Gasteiger partial charge < -0.3 is 93.9 Å². The number of carbonyl (C=O) groups excluding carboxylic acids is 10. The van der Waals surface area contributed by atoms with Gasteiger partial charge in [-0.2, -0.15) is 8.42 Å². The zero-order valence-electron chi connectivity index (χ0n) is 74.9. The Hall–Kier alpha value is -8.34. The molecule has 0 spiro atoms. The second-order valence-electron chi connectivity index (χ2n) is 34.0. The lowest BCUT2D eigenvalue weighted by molar-refractivity contribution is -0.277. The van der Waals surface area contributed by atoms with Crippen molar-refractivity contribution in [3.05, 3.63) is 89.7 Å². The summed E-state index contributed by atoms with van der Waals surface area (Å²) in [6.45, 7) is 19.2. The fourth-order valence-corrected chi connectivity index (χ4v) is 16.9. The van der Waals surface area contributed by atoms with E-state index in [1.807, 2.05) is 93.7 Å². The van der Waals surface area contributed by atoms with Gasteiger partial charge in [0.15, 0.2) is 11.6 Å². The highest BCUT2D eigenvalue weighted by molar-refractivity contribution is 7.85. The Labute approximate surface area is 728 Å². The van der Waals surface area contributed by atoms with Crippen molar-refractivity contribution < 1.29 is 120 Å². The first-order valence-corrected chi connectivity index (χ1v) is 44.5. The largest absolute Gasteiger partial charge is 0.460 e. The maximum absolute atomic E-state index is 15.1. The Kier molecular flexibility index (Phi) is 42.3. The van der Waals surface area contributed by atoms with Gasteiger partial charge in [-0.3, -0.25) is 53.1 Å². The van der Waals surface area contributed by atoms with E-state index in [1.54, 1.807) is 70.8 Å². The minimum atomic E-state index is -4.66. The van der Waals surface area contributed by atoms with Crippen LogP contribution in [0.2, 0.25) is 0 Å². The van der Waals surface area contributed by atoms with Crippen LogP contribution >= 0.6 is 0 Å². The minimum absolute atomic E-state index is 0.0144. The summed E-state index contributed by atoms with van der Waals surface area (Å²) in [6.07, 6.45) is -9.78. The summed E-state index contributed by atoms with van der Waals surface area (Å²) in [6, 6.07) is 15.7. The number of benzene rings is 2. The fraction of sp³-hybridized carbons (Fsp3) is 0.670. The average Bonchev–Trinajstić information content (AvgIpc) is 1.55. The molecule has 18 atom stereocenters. The van der Waals surface area contributed by atoms with Crippen LogP contribution in [-0.2, 0) is 101 Å². The maximum Gasteiger partial charge on any atom is 0.410 e. The predicted octanol–water partition coefficient (Wildman–Crippen LogP) is 5.62. The van der Waals surface area contributed by atoms with Gasteiger partial charge in [0.05, 0.1) is 106 Å². The van der Waals surface area contributed by atoms with Gasteiger partial charge in [-0.25, -0.2) is 14.8 Å². The van der Waals surface area contributed by atoms with Crippen molar-refractivity contribution in [2.45, 2.75) is 233 Å². The number of anilines is 1. The molecular weight excluding hydrogens is 1630 g/mol. The SMILES string of the molecule is CC[C@H](C)[C@@H]([C@@H](CC(=O)N1CCC[C@H]1[C@H](OC)[C@@H](C)C(=O)C[C@H](C)[C@@H](O)c1ccccc1)OC)N(C)C(=O)[C@@H](CC(=O)[C@H](C(C)C)N(C)C(=O)OCc1ccc(NC(=O)[C@H](C)CC(=O)[C@@H](NC(=O)CCOCCOCCNC(=O)[C@@H](CC(=O)CCn2c(CN(C)NC)cc3cccnc32)CS(=O)(=O)O)C(C)C)c(O[C@@H]2O[C@H](CO)[C@H](O)[C@H](O)[C@H]2O)c1)C(C)C. The number of fused-ring (bicyclic) bond motifs is 1. The van der Waals surface area contributed by atoms with Gasteiger partial charge in [0.1, 0.15) is 54.0 Å². The maximum atomic E-state index is 15.1. The first-order chi connectivity index (χ1) is 58.6. The van der Waals surface area contributed by atoms with Crippen molar-refractivity contribution in [1.82, 2.24) is 45.3 Å². The van der Waals surface area contributed by atoms with E-state index in [9.17, 15) is 81.7 Å². The van der Waals surface area contributed by atoms with Crippen LogP contribution in [0.15, 0.2) is 72.9 Å². The standard InChI is InChI=1S/C88H136N10O25S/c1-18-54(8)77(71(117-16)46-74(105)98-34-23-27-66(98)82(118-17)57(11)67(101)40-55(9)78(106)59-24-20-19-21-25-59)95(14)86(112)64(51(2)3)45-69(103)76(53(6)7)96(15)88(113)121-49-58-28-29-65(70(42-58)122-87-81(109)80(108)79(107)72(48-99)123-87)92-84(110)56(10)41-68(102)75(52(4)5)93-73(104)31-36-119-38-39-120-37-33-91-85(111)61(50-124(114,115)116)44-63(100)30-35-97-62(47-94(13)89-12)43-60-26-22-32-90-83(60)97/h19-22,24-26,28-29,32,42-43,51-57,61,64,66,71-72,75-82,87,89,99,106-109H,18,23,27,30-31,33-41,44-50H2,1-17H3,(H,91,111)(H,92,110)(H,93,104)(H,114,115,116)/t54-,55-,56+,57-,61-,64-,66-,71+,72+,75-,76-,77-,78+,79-,80-,81+,82+,87+/m0/s1. The van der Waals surface area contributed by atoms with Crippen LogP contribution in [0.25, 0.3) is 11.0 Å². The van der Waals surface area contributed by atoms with E-state index < -0.39 is 191 Å². The highest BCUT2D eigenvalue weighted by atomic mass is 32.2. The molecule has 2 aromatic carbocycles. The third-order valence-electron chi connectivity index (χ3n) is 23.6. The lowest BCUT2D eigenvalue weighted by atomic mass is 9.83. The topological polar surface area (TPSA) is 470 Å². The minimum Gasteiger partial charge on any atom is -0.460 e. The first kappa shape index (κ1) is 104. The average molecular weight is 1770 g/mol. The van der Waals surface area contributed by atoms with Gasteiger partial charge in [0.25, 0.3) is 10.1 Å². The van der Waals surface area contributed by atoms with E-state index in [-0.39, 0.29) is 124 Å². The number of ketones is 4. The second-order valence-corrected chi connectivity index (χ2v) is 35.4. The number of ether oxygens (including phenoxy) is 7. The van der Waals surface area contributed by atoms with Crippen molar-refractivity contribution in [3.63, 3.8) is 0 Å². The number of rotatable bonds is 54. The van der Waals surface area contributed by atoms with E-state index in [2.05, 4.69) is 26.4 Å². The Bertz CT molecular complexity index is 4250. The van der Waals surface area contributed by atoms with Crippen molar-refractivity contribution in [3.8, 4) is 5.75 Å². The van der Waals surface area contributed by atoms with Gasteiger partial charge in [0.2, 0.25) is 35.8 Å². The number of aliphatic hydroxyl groups excluding tert-OH is 5. The van der Waals surface area contributed by atoms with Crippen molar-refractivity contribution >= 4 is 85.6 Å². The first-order valence-electron chi connectivity index (χ1n) is 42.9. The molecule has 0 radical (unpaired) electrons. The molecule has 694 valence electrons. The number of likely N-dealkylation sites (N-methyl/N-ethyl adjacent to an activating group) is 2. The number of nitrogens with one attached hydrogen (secondary N) is 4. The van der Waals surface area contributed by atoms with Crippen LogP contribution in [0.5, 0.6) is 5.75 Å². The number of aliphatic hydroxyl groups is 5. The number of pyridine rings is 1. The molecule has 2 saturated heterocycles. The van der Waals surface area contributed by atoms with Crippen molar-refractivity contribution in [2.24, 2.45) is 53.3 Å². The number of hydrogen-bond acceptors (Lipinski definition) is 27. The number of methoxy groups -OCH3 is 2. The van der Waals surface area contributed by atoms with Crippen LogP contribution in [0.3, 0.4) is 0 Å². The van der Waals surface area contributed by atoms with E-state index in [0.717, 1.165) is 16.0 Å². The molecule has 10 N–H and O–H groups in total. The molecule has 6 rings (SSSR count). The molecule has 4 heterocycles. The van der Waals surface area contributed by atoms with Crippen molar-refractivity contribution in [1.29, 1.82) is 0 Å². The molecule has 2 fully saturated rings. The highest BCUT2D eigenvalue weighted by Gasteiger charge is 2.47. The molecule has 35 nitrogen and oxygen atoms in total. The number of Topliss-reactive ketones (excluding diaryl/α,β-unsaturated/α-hetero) is 4. The molecule has 2 aromatic heterocycles. The number of hydrogen-bond donors (Lipinski definition) is 10. The molecule has 2 aliphatic heterocycles. The van der Waals surface area contributed by atoms with E-state index in [0.29, 0.717) is 43.6 Å². The van der Waals surface area contributed by atoms with Gasteiger partial charge in [-0.05, 0) is 90.9 Å². The summed E-state index contributed by atoms with van der Waals surface area (Å²) in [5.41, 5.74) is 5.43. The van der Waals surface area contributed by atoms with Crippen LogP contribution in [0.1, 0.15) is 163 Å². The number of likely N-dealkylation sites (tertiary alicyclic amines) is 1. The number of aryl methyl sites for hydroxylation is 1. The molecule has 0 saturated carbocycles. The lowest BCUT2D eigenvalue weighted by Crippen LogP contribution is -2.60. The van der Waals surface area contributed by atoms with Gasteiger partial charge in [0, 0.05) is 129 Å². The fourth-order valence-electron chi connectivity index (χ4n) is 16.1. The summed E-state index contributed by atoms with van der Waals surface area (Å²) in [4.78, 5) is 149. The highest BCUT2D eigenvalue weighted by Crippen LogP contribution is 2.36. The Morgan fingerprint density at radius 1 is 0.726 bits per heavy atom. The quantitative estimate of drug-likeness (QED) is 0.0146. The molecule has 0 unspecified atom stereocenters. The zero-order chi connectivity index (χ0) is 92.1. The molecule has 4 aromatic rings. The van der Waals surface area contributed by atoms with Crippen LogP contribution in [0.4, 0.5) is 10.5 Å². The summed E-state index contributed by atoms with van der Waals surface area (Å²) in [7, 11) is 5.02. The summed E-state index contributed by atoms with van der Waals surface area (Å²) >= 11 is 0. The summed E-state index contributed by atoms with van der Waals surface area (Å²) in [5.74, 6) is -11.1. The lowest BCUT2D eigenvalue weighted by Gasteiger charge is -2.41. The van der Waals surface area contributed by atoms with Gasteiger partial charge in [-0.15, -0.1) is 0 Å². The van der Waals surface area contributed by atoms with Gasteiger partial charge >= 0.3 is 6.09 Å². The molecule has 124 heavy (non-hydrogen) atoms. The Morgan fingerprint density at radius 3 is 2.03 bits per heavy atom. The molecule has 0 aliphatic carbocycles. The van der Waals surface area contributed by atoms with E-state index in [4.69, 9.17) is 33.2 Å². The number of hydrazine groups is 1. The smallest absolute Gasteiger partial charge is 0.410 e. The Morgan fingerprint density at radius 2 is 1.41 bits per heavy atom. The number of aromatic nitrogens is 2. The second kappa shape index (κ2) is 50.3. The molecule has 36 heteroatoms. The number of carbonyl (C=O) groups is 10. The van der Waals surface area contributed by atoms with Crippen LogP contribution < -0.4 is 26.1 Å². The molecular formula is C88H136N10O25S. The zero-order valence-corrected chi connectivity index (χ0v) is 75.7. The molecule has 6 amide bonds. The molecule has 0 bridgehead atoms. The summed E-state index contributed by atoms with van der Waals surface area (Å²) < 4.78 is 76.3. The monoisotopic (exact) mass is 1760 g/mol. The predicted molar refractivity (Wildman–Crippen MR) is 460 cm³/mol.